The molecule has 1 aliphatic rings. The molecular formula is C16H24FNO. The third kappa shape index (κ3) is 3.54. The molecule has 2 N–H and O–H groups in total. The lowest BCUT2D eigenvalue weighted by atomic mass is 9.87. The van der Waals surface area contributed by atoms with Gasteiger partial charge in [0.1, 0.15) is 5.82 Å². The molecule has 1 atom stereocenters. The molecule has 1 unspecified atom stereocenters. The van der Waals surface area contributed by atoms with Gasteiger partial charge in [-0.05, 0) is 48.3 Å². The van der Waals surface area contributed by atoms with E-state index >= 15 is 0 Å². The molecule has 1 aromatic carbocycles. The molecule has 0 fully saturated rings. The molecule has 106 valence electrons. The number of rotatable bonds is 6. The van der Waals surface area contributed by atoms with Crippen molar-refractivity contribution in [2.24, 2.45) is 5.41 Å². The Morgan fingerprint density at radius 2 is 2.21 bits per heavy atom. The number of aliphatic hydroxyl groups is 1. The monoisotopic (exact) mass is 265 g/mol. The number of hydrogen-bond acceptors (Lipinski definition) is 2. The minimum absolute atomic E-state index is 0.0682. The fraction of sp³-hybridized carbons (Fsp3) is 0.625. The number of nitrogens with one attached hydrogen (secondary N) is 1. The van der Waals surface area contributed by atoms with Crippen molar-refractivity contribution >= 4 is 0 Å². The van der Waals surface area contributed by atoms with E-state index in [1.54, 1.807) is 12.1 Å². The van der Waals surface area contributed by atoms with Gasteiger partial charge in [-0.2, -0.15) is 0 Å². The Labute approximate surface area is 115 Å². The van der Waals surface area contributed by atoms with E-state index in [-0.39, 0.29) is 23.9 Å². The SMILES string of the molecule is CC(C)(CCCO)CNC1CCc2c(F)cccc21. The molecule has 2 rings (SSSR count). The minimum atomic E-state index is -0.0682. The van der Waals surface area contributed by atoms with E-state index in [1.807, 2.05) is 6.07 Å². The molecular weight excluding hydrogens is 241 g/mol. The first-order valence-corrected chi connectivity index (χ1v) is 7.15. The maximum Gasteiger partial charge on any atom is 0.126 e. The summed E-state index contributed by atoms with van der Waals surface area (Å²) < 4.78 is 13.6. The lowest BCUT2D eigenvalue weighted by Gasteiger charge is -2.27. The van der Waals surface area contributed by atoms with E-state index in [9.17, 15) is 4.39 Å². The van der Waals surface area contributed by atoms with Crippen LogP contribution in [0.25, 0.3) is 0 Å². The van der Waals surface area contributed by atoms with Crippen molar-refractivity contribution in [1.29, 1.82) is 0 Å². The first-order chi connectivity index (χ1) is 9.03. The number of fused-ring (bicyclic) bond motifs is 1. The van der Waals surface area contributed by atoms with Crippen molar-refractivity contribution in [2.75, 3.05) is 13.2 Å². The van der Waals surface area contributed by atoms with Crippen molar-refractivity contribution in [3.8, 4) is 0 Å². The van der Waals surface area contributed by atoms with Crippen LogP contribution in [-0.4, -0.2) is 18.3 Å². The molecule has 0 radical (unpaired) electrons. The Bertz CT molecular complexity index is 431. The molecule has 0 heterocycles. The molecule has 0 aromatic heterocycles. The predicted molar refractivity (Wildman–Crippen MR) is 75.6 cm³/mol. The number of aliphatic hydroxyl groups excluding tert-OH is 1. The third-order valence-corrected chi connectivity index (χ3v) is 4.05. The third-order valence-electron chi connectivity index (χ3n) is 4.05. The van der Waals surface area contributed by atoms with Crippen LogP contribution in [0.5, 0.6) is 0 Å². The summed E-state index contributed by atoms with van der Waals surface area (Å²) in [5.74, 6) is -0.0682. The van der Waals surface area contributed by atoms with Crippen molar-refractivity contribution < 1.29 is 9.50 Å². The van der Waals surface area contributed by atoms with Crippen LogP contribution >= 0.6 is 0 Å². The lowest BCUT2D eigenvalue weighted by Crippen LogP contribution is -2.31. The topological polar surface area (TPSA) is 32.3 Å². The molecule has 0 amide bonds. The second kappa shape index (κ2) is 6.02. The summed E-state index contributed by atoms with van der Waals surface area (Å²) in [5, 5.41) is 12.5. The van der Waals surface area contributed by atoms with Gasteiger partial charge < -0.3 is 10.4 Å². The maximum atomic E-state index is 13.6. The van der Waals surface area contributed by atoms with Gasteiger partial charge in [0.05, 0.1) is 0 Å². The first-order valence-electron chi connectivity index (χ1n) is 7.15. The Hall–Kier alpha value is -0.930. The molecule has 1 aromatic rings. The molecule has 0 bridgehead atoms. The van der Waals surface area contributed by atoms with Gasteiger partial charge >= 0.3 is 0 Å². The summed E-state index contributed by atoms with van der Waals surface area (Å²) in [4.78, 5) is 0. The largest absolute Gasteiger partial charge is 0.396 e. The summed E-state index contributed by atoms with van der Waals surface area (Å²) >= 11 is 0. The Balaban J connectivity index is 1.94. The van der Waals surface area contributed by atoms with Gasteiger partial charge in [0.25, 0.3) is 0 Å². The number of hydrogen-bond donors (Lipinski definition) is 2. The zero-order valence-corrected chi connectivity index (χ0v) is 11.9. The normalized spacial score (nSPS) is 18.6. The highest BCUT2D eigenvalue weighted by Crippen LogP contribution is 2.33. The zero-order valence-electron chi connectivity index (χ0n) is 11.9. The van der Waals surface area contributed by atoms with Crippen LogP contribution in [0.1, 0.15) is 50.3 Å². The highest BCUT2D eigenvalue weighted by molar-refractivity contribution is 5.35. The van der Waals surface area contributed by atoms with Crippen LogP contribution in [0.3, 0.4) is 0 Å². The second-order valence-corrected chi connectivity index (χ2v) is 6.27. The highest BCUT2D eigenvalue weighted by atomic mass is 19.1. The summed E-state index contributed by atoms with van der Waals surface area (Å²) in [6.45, 7) is 5.56. The van der Waals surface area contributed by atoms with Crippen LogP contribution in [0, 0.1) is 11.2 Å². The summed E-state index contributed by atoms with van der Waals surface area (Å²) in [6, 6.07) is 5.65. The van der Waals surface area contributed by atoms with Gasteiger partial charge in [-0.1, -0.05) is 26.0 Å². The van der Waals surface area contributed by atoms with Crippen molar-refractivity contribution in [2.45, 2.75) is 45.6 Å². The zero-order chi connectivity index (χ0) is 13.9. The summed E-state index contributed by atoms with van der Waals surface area (Å²) in [7, 11) is 0. The average molecular weight is 265 g/mol. The van der Waals surface area contributed by atoms with E-state index in [0.717, 1.165) is 43.4 Å². The van der Waals surface area contributed by atoms with Crippen LogP contribution in [0.2, 0.25) is 0 Å². The van der Waals surface area contributed by atoms with Gasteiger partial charge in [-0.3, -0.25) is 0 Å². The standard InChI is InChI=1S/C16H24FNO/c1-16(2,9-4-10-19)11-18-15-8-7-12-13(15)5-3-6-14(12)17/h3,5-6,15,18-19H,4,7-11H2,1-2H3. The Morgan fingerprint density at radius 1 is 1.42 bits per heavy atom. The van der Waals surface area contributed by atoms with Gasteiger partial charge in [0.2, 0.25) is 0 Å². The van der Waals surface area contributed by atoms with Crippen molar-refractivity contribution in [3.05, 3.63) is 35.1 Å². The average Bonchev–Trinajstić information content (AvgIpc) is 2.79. The first kappa shape index (κ1) is 14.5. The van der Waals surface area contributed by atoms with E-state index in [2.05, 4.69) is 19.2 Å². The molecule has 0 saturated carbocycles. The lowest BCUT2D eigenvalue weighted by molar-refractivity contribution is 0.231. The van der Waals surface area contributed by atoms with Crippen molar-refractivity contribution in [3.63, 3.8) is 0 Å². The van der Waals surface area contributed by atoms with Gasteiger partial charge in [-0.15, -0.1) is 0 Å². The maximum absolute atomic E-state index is 13.6. The van der Waals surface area contributed by atoms with Crippen LogP contribution in [0.15, 0.2) is 18.2 Å². The van der Waals surface area contributed by atoms with Crippen molar-refractivity contribution in [1.82, 2.24) is 5.32 Å². The highest BCUT2D eigenvalue weighted by Gasteiger charge is 2.26. The molecule has 3 heteroatoms. The van der Waals surface area contributed by atoms with Gasteiger partial charge in [0, 0.05) is 19.2 Å². The fourth-order valence-corrected chi connectivity index (χ4v) is 2.87. The molecule has 0 aliphatic heterocycles. The van der Waals surface area contributed by atoms with E-state index in [4.69, 9.17) is 5.11 Å². The number of benzene rings is 1. The molecule has 0 saturated heterocycles. The molecule has 0 spiro atoms. The Morgan fingerprint density at radius 3 is 2.95 bits per heavy atom. The van der Waals surface area contributed by atoms with E-state index in [0.29, 0.717) is 0 Å². The van der Waals surface area contributed by atoms with Crippen LogP contribution in [-0.2, 0) is 6.42 Å². The van der Waals surface area contributed by atoms with Crippen LogP contribution < -0.4 is 5.32 Å². The minimum Gasteiger partial charge on any atom is -0.396 e. The summed E-state index contributed by atoms with van der Waals surface area (Å²) in [6.07, 6.45) is 3.65. The molecule has 19 heavy (non-hydrogen) atoms. The second-order valence-electron chi connectivity index (χ2n) is 6.27. The smallest absolute Gasteiger partial charge is 0.126 e. The van der Waals surface area contributed by atoms with Crippen LogP contribution in [0.4, 0.5) is 4.39 Å². The van der Waals surface area contributed by atoms with E-state index < -0.39 is 0 Å². The van der Waals surface area contributed by atoms with E-state index in [1.165, 1.54) is 0 Å². The quantitative estimate of drug-likeness (QED) is 0.828. The molecule has 1 aliphatic carbocycles. The Kier molecular flexibility index (Phi) is 4.58. The number of halogens is 1. The molecule has 2 nitrogen and oxygen atoms in total. The van der Waals surface area contributed by atoms with Gasteiger partial charge in [0.15, 0.2) is 0 Å². The predicted octanol–water partition coefficient (Wildman–Crippen LogP) is 3.20. The summed E-state index contributed by atoms with van der Waals surface area (Å²) in [5.41, 5.74) is 2.17. The fourth-order valence-electron chi connectivity index (χ4n) is 2.87. The van der Waals surface area contributed by atoms with Gasteiger partial charge in [-0.25, -0.2) is 4.39 Å².